The molecule has 12 heteroatoms. The molecule has 1 N–H and O–H groups in total. The number of benzene rings is 1. The zero-order chi connectivity index (χ0) is 21.6. The Morgan fingerprint density at radius 3 is 2.60 bits per heavy atom. The number of carbonyl (C=O) groups excluding carboxylic acids is 2. The van der Waals surface area contributed by atoms with Gasteiger partial charge in [0.25, 0.3) is 11.8 Å². The number of fused-ring (bicyclic) bond motifs is 1. The van der Waals surface area contributed by atoms with Crippen molar-refractivity contribution in [1.82, 2.24) is 19.0 Å². The standard InChI is InChI=1S/C18H20ClN5O5S/c1-11-17(25)21-13-9-12(19)16(10-15(13)29-11)30(27,28)24-7-5-23(6-8-24)18(26)14-3-4-20-22(14)2/h3-4,9-11H,5-8H2,1-2H3,(H,21,25). The summed E-state index contributed by atoms with van der Waals surface area (Å²) >= 11 is 6.23. The number of aromatic nitrogens is 2. The predicted molar refractivity (Wildman–Crippen MR) is 108 cm³/mol. The molecule has 1 unspecified atom stereocenters. The monoisotopic (exact) mass is 453 g/mol. The van der Waals surface area contributed by atoms with Crippen molar-refractivity contribution in [2.24, 2.45) is 7.05 Å². The Balaban J connectivity index is 1.53. The van der Waals surface area contributed by atoms with Crippen molar-refractivity contribution in [1.29, 1.82) is 0 Å². The van der Waals surface area contributed by atoms with E-state index in [0.717, 1.165) is 0 Å². The Labute approximate surface area is 178 Å². The SMILES string of the molecule is CC1Oc2cc(S(=O)(=O)N3CCN(C(=O)c4ccnn4C)CC3)c(Cl)cc2NC1=O. The first-order valence-corrected chi connectivity index (χ1v) is 11.1. The van der Waals surface area contributed by atoms with Crippen LogP contribution in [0.4, 0.5) is 5.69 Å². The highest BCUT2D eigenvalue weighted by Crippen LogP contribution is 2.38. The van der Waals surface area contributed by atoms with E-state index in [-0.39, 0.29) is 53.7 Å². The molecule has 0 bridgehead atoms. The molecular weight excluding hydrogens is 434 g/mol. The van der Waals surface area contributed by atoms with Gasteiger partial charge in [0.1, 0.15) is 16.3 Å². The highest BCUT2D eigenvalue weighted by atomic mass is 35.5. The maximum atomic E-state index is 13.2. The molecule has 2 aliphatic rings. The van der Waals surface area contributed by atoms with Gasteiger partial charge in [0.15, 0.2) is 6.10 Å². The molecule has 30 heavy (non-hydrogen) atoms. The van der Waals surface area contributed by atoms with Gasteiger partial charge in [-0.15, -0.1) is 0 Å². The average Bonchev–Trinajstić information content (AvgIpc) is 3.14. The normalized spacial score (nSPS) is 19.8. The molecule has 160 valence electrons. The number of nitrogens with zero attached hydrogens (tertiary/aromatic N) is 4. The van der Waals surface area contributed by atoms with E-state index in [0.29, 0.717) is 11.4 Å². The third kappa shape index (κ3) is 3.53. The highest BCUT2D eigenvalue weighted by molar-refractivity contribution is 7.89. The molecule has 2 amide bonds. The van der Waals surface area contributed by atoms with Gasteiger partial charge < -0.3 is 15.0 Å². The second-order valence-electron chi connectivity index (χ2n) is 7.06. The zero-order valence-corrected chi connectivity index (χ0v) is 17.9. The van der Waals surface area contributed by atoms with Gasteiger partial charge in [0.05, 0.1) is 10.7 Å². The molecule has 1 aromatic heterocycles. The van der Waals surface area contributed by atoms with Crippen LogP contribution in [0.5, 0.6) is 5.75 Å². The van der Waals surface area contributed by atoms with Crippen LogP contribution in [0.2, 0.25) is 5.02 Å². The van der Waals surface area contributed by atoms with Crippen LogP contribution in [-0.4, -0.2) is 71.5 Å². The Hall–Kier alpha value is -2.63. The maximum Gasteiger partial charge on any atom is 0.272 e. The van der Waals surface area contributed by atoms with Crippen molar-refractivity contribution in [3.05, 3.63) is 35.1 Å². The Morgan fingerprint density at radius 2 is 1.97 bits per heavy atom. The van der Waals surface area contributed by atoms with E-state index >= 15 is 0 Å². The third-order valence-corrected chi connectivity index (χ3v) is 7.51. The van der Waals surface area contributed by atoms with Gasteiger partial charge in [-0.25, -0.2) is 8.42 Å². The van der Waals surface area contributed by atoms with Crippen LogP contribution in [-0.2, 0) is 21.9 Å². The lowest BCUT2D eigenvalue weighted by Crippen LogP contribution is -2.50. The van der Waals surface area contributed by atoms with E-state index in [1.165, 1.54) is 27.3 Å². The number of piperazine rings is 1. The van der Waals surface area contributed by atoms with Crippen molar-refractivity contribution in [2.45, 2.75) is 17.9 Å². The predicted octanol–water partition coefficient (Wildman–Crippen LogP) is 0.940. The molecule has 1 atom stereocenters. The molecule has 1 saturated heterocycles. The summed E-state index contributed by atoms with van der Waals surface area (Å²) in [7, 11) is -2.24. The van der Waals surface area contributed by atoms with E-state index in [9.17, 15) is 18.0 Å². The molecule has 4 rings (SSSR count). The van der Waals surface area contributed by atoms with Gasteiger partial charge in [-0.05, 0) is 19.1 Å². The van der Waals surface area contributed by atoms with Crippen LogP contribution in [0.1, 0.15) is 17.4 Å². The van der Waals surface area contributed by atoms with Gasteiger partial charge in [-0.1, -0.05) is 11.6 Å². The minimum Gasteiger partial charge on any atom is -0.479 e. The molecule has 2 aliphatic heterocycles. The quantitative estimate of drug-likeness (QED) is 0.739. The molecule has 0 aliphatic carbocycles. The molecule has 1 fully saturated rings. The molecule has 1 aromatic carbocycles. The minimum absolute atomic E-state index is 0.0133. The van der Waals surface area contributed by atoms with Gasteiger partial charge >= 0.3 is 0 Å². The second kappa shape index (κ2) is 7.56. The second-order valence-corrected chi connectivity index (χ2v) is 9.38. The van der Waals surface area contributed by atoms with E-state index in [1.54, 1.807) is 24.9 Å². The molecule has 0 radical (unpaired) electrons. The molecule has 0 spiro atoms. The number of carbonyl (C=O) groups is 2. The number of sulfonamides is 1. The fourth-order valence-electron chi connectivity index (χ4n) is 3.42. The summed E-state index contributed by atoms with van der Waals surface area (Å²) in [5.74, 6) is -0.282. The number of aryl methyl sites for hydroxylation is 1. The summed E-state index contributed by atoms with van der Waals surface area (Å²) in [6.45, 7) is 2.32. The molecule has 3 heterocycles. The van der Waals surface area contributed by atoms with Crippen LogP contribution in [0.3, 0.4) is 0 Å². The molecule has 0 saturated carbocycles. The number of hydrogen-bond donors (Lipinski definition) is 1. The number of anilines is 1. The number of ether oxygens (including phenoxy) is 1. The first-order valence-electron chi connectivity index (χ1n) is 9.27. The number of halogens is 1. The summed E-state index contributed by atoms with van der Waals surface area (Å²) in [4.78, 5) is 25.8. The van der Waals surface area contributed by atoms with Crippen molar-refractivity contribution >= 4 is 39.1 Å². The maximum absolute atomic E-state index is 13.2. The van der Waals surface area contributed by atoms with Crippen molar-refractivity contribution in [3.8, 4) is 5.75 Å². The van der Waals surface area contributed by atoms with Crippen LogP contribution in [0.15, 0.2) is 29.3 Å². The number of rotatable bonds is 3. The fourth-order valence-corrected chi connectivity index (χ4v) is 5.36. The fraction of sp³-hybridized carbons (Fsp3) is 0.389. The lowest BCUT2D eigenvalue weighted by atomic mass is 10.2. The zero-order valence-electron chi connectivity index (χ0n) is 16.3. The first kappa shape index (κ1) is 20.6. The van der Waals surface area contributed by atoms with Crippen molar-refractivity contribution in [3.63, 3.8) is 0 Å². The Kier molecular flexibility index (Phi) is 5.20. The Morgan fingerprint density at radius 1 is 1.27 bits per heavy atom. The van der Waals surface area contributed by atoms with E-state index in [4.69, 9.17) is 16.3 Å². The first-order chi connectivity index (χ1) is 14.2. The third-order valence-electron chi connectivity index (χ3n) is 5.15. The van der Waals surface area contributed by atoms with Crippen LogP contribution in [0.25, 0.3) is 0 Å². The lowest BCUT2D eigenvalue weighted by molar-refractivity contribution is -0.122. The van der Waals surface area contributed by atoms with Crippen molar-refractivity contribution in [2.75, 3.05) is 31.5 Å². The van der Waals surface area contributed by atoms with Gasteiger partial charge in [0, 0.05) is 45.5 Å². The smallest absolute Gasteiger partial charge is 0.272 e. The number of hydrogen-bond acceptors (Lipinski definition) is 6. The van der Waals surface area contributed by atoms with Crippen molar-refractivity contribution < 1.29 is 22.7 Å². The van der Waals surface area contributed by atoms with Crippen LogP contribution < -0.4 is 10.1 Å². The average molecular weight is 454 g/mol. The number of amides is 2. The number of nitrogens with one attached hydrogen (secondary N) is 1. The van der Waals surface area contributed by atoms with E-state index in [1.807, 2.05) is 0 Å². The van der Waals surface area contributed by atoms with Crippen LogP contribution in [0, 0.1) is 0 Å². The lowest BCUT2D eigenvalue weighted by Gasteiger charge is -2.34. The molecule has 2 aromatic rings. The molecule has 10 nitrogen and oxygen atoms in total. The van der Waals surface area contributed by atoms with Crippen LogP contribution >= 0.6 is 11.6 Å². The summed E-state index contributed by atoms with van der Waals surface area (Å²) in [6.07, 6.45) is 0.799. The van der Waals surface area contributed by atoms with E-state index in [2.05, 4.69) is 10.4 Å². The van der Waals surface area contributed by atoms with E-state index < -0.39 is 16.1 Å². The largest absolute Gasteiger partial charge is 0.479 e. The van der Waals surface area contributed by atoms with Gasteiger partial charge in [-0.3, -0.25) is 14.3 Å². The Bertz CT molecular complexity index is 1120. The van der Waals surface area contributed by atoms with Gasteiger partial charge in [0.2, 0.25) is 10.0 Å². The summed E-state index contributed by atoms with van der Waals surface area (Å²) in [6, 6.07) is 4.32. The highest BCUT2D eigenvalue weighted by Gasteiger charge is 2.34. The summed E-state index contributed by atoms with van der Waals surface area (Å²) in [5, 5.41) is 6.61. The topological polar surface area (TPSA) is 114 Å². The summed E-state index contributed by atoms with van der Waals surface area (Å²) < 4.78 is 34.6. The molecular formula is C18H20ClN5O5S. The van der Waals surface area contributed by atoms with Gasteiger partial charge in [-0.2, -0.15) is 9.40 Å². The minimum atomic E-state index is -3.92. The summed E-state index contributed by atoms with van der Waals surface area (Å²) in [5.41, 5.74) is 0.769.